The van der Waals surface area contributed by atoms with Gasteiger partial charge in [-0.15, -0.1) is 0 Å². The van der Waals surface area contributed by atoms with Crippen LogP contribution >= 0.6 is 15.9 Å². The van der Waals surface area contributed by atoms with Crippen LogP contribution in [-0.4, -0.2) is 23.3 Å². The number of hydrazone groups is 1. The van der Waals surface area contributed by atoms with Gasteiger partial charge in [0.15, 0.2) is 6.61 Å². The van der Waals surface area contributed by atoms with E-state index >= 15 is 0 Å². The topological polar surface area (TPSA) is 55.6 Å². The van der Waals surface area contributed by atoms with Gasteiger partial charge in [-0.3, -0.25) is 4.79 Å². The molecular weight excluding hydrogens is 425 g/mol. The van der Waals surface area contributed by atoms with E-state index in [1.54, 1.807) is 30.5 Å². The van der Waals surface area contributed by atoms with Gasteiger partial charge in [0, 0.05) is 27.1 Å². The van der Waals surface area contributed by atoms with Gasteiger partial charge < -0.3 is 9.30 Å². The summed E-state index contributed by atoms with van der Waals surface area (Å²) in [6.45, 7) is 3.76. The van der Waals surface area contributed by atoms with Gasteiger partial charge in [0.2, 0.25) is 0 Å². The van der Waals surface area contributed by atoms with Crippen molar-refractivity contribution in [3.8, 4) is 11.4 Å². The molecule has 1 heterocycles. The van der Waals surface area contributed by atoms with Crippen molar-refractivity contribution in [1.82, 2.24) is 9.99 Å². The van der Waals surface area contributed by atoms with E-state index in [1.165, 1.54) is 12.1 Å². The zero-order chi connectivity index (χ0) is 20.1. The van der Waals surface area contributed by atoms with E-state index in [2.05, 4.69) is 26.5 Å². The van der Waals surface area contributed by atoms with Crippen molar-refractivity contribution in [2.24, 2.45) is 5.10 Å². The molecule has 0 saturated heterocycles. The van der Waals surface area contributed by atoms with Crippen LogP contribution < -0.4 is 10.2 Å². The number of ether oxygens (including phenoxy) is 1. The van der Waals surface area contributed by atoms with Gasteiger partial charge in [-0.1, -0.05) is 22.0 Å². The third-order valence-electron chi connectivity index (χ3n) is 4.11. The summed E-state index contributed by atoms with van der Waals surface area (Å²) in [6, 6.07) is 15.5. The highest BCUT2D eigenvalue weighted by Crippen LogP contribution is 2.20. The number of amides is 1. The maximum Gasteiger partial charge on any atom is 0.277 e. The van der Waals surface area contributed by atoms with Crippen LogP contribution in [0.2, 0.25) is 0 Å². The van der Waals surface area contributed by atoms with Crippen LogP contribution in [0.15, 0.2) is 64.2 Å². The lowest BCUT2D eigenvalue weighted by atomic mass is 10.2. The van der Waals surface area contributed by atoms with E-state index in [0.717, 1.165) is 27.1 Å². The Morgan fingerprint density at radius 1 is 1.21 bits per heavy atom. The lowest BCUT2D eigenvalue weighted by molar-refractivity contribution is -0.123. The molecule has 0 aliphatic heterocycles. The number of carbonyl (C=O) groups excluding carboxylic acids is 1. The first-order chi connectivity index (χ1) is 13.4. The summed E-state index contributed by atoms with van der Waals surface area (Å²) in [6.07, 6.45) is 1.58. The number of nitrogens with zero attached hydrogens (tertiary/aromatic N) is 2. The summed E-state index contributed by atoms with van der Waals surface area (Å²) in [7, 11) is 0. The predicted octanol–water partition coefficient (Wildman–Crippen LogP) is 4.52. The van der Waals surface area contributed by atoms with Crippen LogP contribution in [0.5, 0.6) is 5.75 Å². The summed E-state index contributed by atoms with van der Waals surface area (Å²) < 4.78 is 21.4. The highest BCUT2D eigenvalue weighted by molar-refractivity contribution is 9.10. The third kappa shape index (κ3) is 4.86. The van der Waals surface area contributed by atoms with Crippen LogP contribution in [0.25, 0.3) is 5.69 Å². The van der Waals surface area contributed by atoms with E-state index in [0.29, 0.717) is 5.75 Å². The highest BCUT2D eigenvalue weighted by Gasteiger charge is 2.10. The van der Waals surface area contributed by atoms with E-state index < -0.39 is 0 Å². The second kappa shape index (κ2) is 8.84. The Balaban J connectivity index is 1.62. The van der Waals surface area contributed by atoms with Crippen molar-refractivity contribution in [3.05, 3.63) is 81.8 Å². The standard InChI is InChI=1S/C21H19BrFN3O2/c1-14-10-16(15(2)26(14)19-8-6-18(23)7-9-19)12-24-25-21(27)13-28-20-5-3-4-17(22)11-20/h3-12H,13H2,1-2H3,(H,25,27)/b24-12+. The van der Waals surface area contributed by atoms with Gasteiger partial charge in [0.25, 0.3) is 5.91 Å². The molecule has 0 aliphatic rings. The van der Waals surface area contributed by atoms with Gasteiger partial charge in [-0.05, 0) is 62.4 Å². The number of carbonyl (C=O) groups is 1. The fourth-order valence-corrected chi connectivity index (χ4v) is 3.20. The predicted molar refractivity (Wildman–Crippen MR) is 111 cm³/mol. The Hall–Kier alpha value is -2.93. The molecule has 0 aliphatic carbocycles. The molecule has 0 spiro atoms. The number of aromatic nitrogens is 1. The minimum Gasteiger partial charge on any atom is -0.484 e. The molecule has 5 nitrogen and oxygen atoms in total. The molecule has 0 saturated carbocycles. The van der Waals surface area contributed by atoms with E-state index in [9.17, 15) is 9.18 Å². The van der Waals surface area contributed by atoms with E-state index in [1.807, 2.05) is 36.6 Å². The van der Waals surface area contributed by atoms with Crippen LogP contribution in [0.3, 0.4) is 0 Å². The van der Waals surface area contributed by atoms with Crippen molar-refractivity contribution < 1.29 is 13.9 Å². The minimum atomic E-state index is -0.358. The fraction of sp³-hybridized carbons (Fsp3) is 0.143. The molecule has 1 N–H and O–H groups in total. The quantitative estimate of drug-likeness (QED) is 0.449. The zero-order valence-electron chi connectivity index (χ0n) is 15.4. The average molecular weight is 444 g/mol. The number of benzene rings is 2. The average Bonchev–Trinajstić information content (AvgIpc) is 2.95. The van der Waals surface area contributed by atoms with Crippen molar-refractivity contribution >= 4 is 28.1 Å². The number of nitrogens with one attached hydrogen (secondary N) is 1. The number of halogens is 2. The Bertz CT molecular complexity index is 1010. The van der Waals surface area contributed by atoms with Gasteiger partial charge in [-0.25, -0.2) is 9.82 Å². The van der Waals surface area contributed by atoms with Crippen molar-refractivity contribution in [3.63, 3.8) is 0 Å². The Morgan fingerprint density at radius 2 is 1.96 bits per heavy atom. The fourth-order valence-electron chi connectivity index (χ4n) is 2.82. The Morgan fingerprint density at radius 3 is 2.68 bits per heavy atom. The molecule has 0 fully saturated rings. The first kappa shape index (κ1) is 19.8. The second-order valence-corrected chi connectivity index (χ2v) is 7.09. The SMILES string of the molecule is Cc1cc(/C=N/NC(=O)COc2cccc(Br)c2)c(C)n1-c1ccc(F)cc1. The molecule has 3 rings (SSSR count). The summed E-state index contributed by atoms with van der Waals surface area (Å²) in [5.74, 6) is -0.0410. The number of hydrogen-bond acceptors (Lipinski definition) is 3. The van der Waals surface area contributed by atoms with Crippen LogP contribution in [0, 0.1) is 19.7 Å². The molecule has 3 aromatic rings. The van der Waals surface area contributed by atoms with Crippen molar-refractivity contribution in [2.45, 2.75) is 13.8 Å². The normalized spacial score (nSPS) is 11.0. The van der Waals surface area contributed by atoms with Gasteiger partial charge in [0.1, 0.15) is 11.6 Å². The van der Waals surface area contributed by atoms with Crippen LogP contribution in [0.4, 0.5) is 4.39 Å². The lowest BCUT2D eigenvalue weighted by Gasteiger charge is -2.09. The first-order valence-corrected chi connectivity index (χ1v) is 9.38. The molecule has 1 aromatic heterocycles. The number of aryl methyl sites for hydroxylation is 1. The Kier molecular flexibility index (Phi) is 6.26. The molecular formula is C21H19BrFN3O2. The monoisotopic (exact) mass is 443 g/mol. The number of rotatable bonds is 6. The summed E-state index contributed by atoms with van der Waals surface area (Å²) >= 11 is 3.35. The largest absolute Gasteiger partial charge is 0.484 e. The first-order valence-electron chi connectivity index (χ1n) is 8.59. The Labute approximate surface area is 171 Å². The molecule has 0 unspecified atom stereocenters. The zero-order valence-corrected chi connectivity index (χ0v) is 17.0. The van der Waals surface area contributed by atoms with E-state index in [-0.39, 0.29) is 18.3 Å². The molecule has 28 heavy (non-hydrogen) atoms. The minimum absolute atomic E-state index is 0.137. The van der Waals surface area contributed by atoms with Gasteiger partial charge in [-0.2, -0.15) is 5.10 Å². The van der Waals surface area contributed by atoms with Crippen LogP contribution in [0.1, 0.15) is 17.0 Å². The van der Waals surface area contributed by atoms with Crippen molar-refractivity contribution in [2.75, 3.05) is 6.61 Å². The van der Waals surface area contributed by atoms with E-state index in [4.69, 9.17) is 4.74 Å². The third-order valence-corrected chi connectivity index (χ3v) is 4.61. The smallest absolute Gasteiger partial charge is 0.277 e. The summed E-state index contributed by atoms with van der Waals surface area (Å²) in [5.41, 5.74) is 6.09. The molecule has 0 bridgehead atoms. The second-order valence-electron chi connectivity index (χ2n) is 6.18. The molecule has 1 amide bonds. The maximum absolute atomic E-state index is 13.2. The van der Waals surface area contributed by atoms with Crippen LogP contribution in [-0.2, 0) is 4.79 Å². The van der Waals surface area contributed by atoms with Crippen molar-refractivity contribution in [1.29, 1.82) is 0 Å². The molecule has 7 heteroatoms. The molecule has 0 radical (unpaired) electrons. The summed E-state index contributed by atoms with van der Waals surface area (Å²) in [4.78, 5) is 11.9. The van der Waals surface area contributed by atoms with Gasteiger partial charge in [0.05, 0.1) is 6.21 Å². The number of hydrogen-bond donors (Lipinski definition) is 1. The van der Waals surface area contributed by atoms with Gasteiger partial charge >= 0.3 is 0 Å². The molecule has 2 aromatic carbocycles. The lowest BCUT2D eigenvalue weighted by Crippen LogP contribution is -2.24. The summed E-state index contributed by atoms with van der Waals surface area (Å²) in [5, 5.41) is 4.01. The molecule has 144 valence electrons. The highest BCUT2D eigenvalue weighted by atomic mass is 79.9. The molecule has 0 atom stereocenters. The maximum atomic E-state index is 13.2.